The molecule has 7 nitrogen and oxygen atoms in total. The number of carbonyl (C=O) groups excluding carboxylic acids is 1. The summed E-state index contributed by atoms with van der Waals surface area (Å²) in [7, 11) is 4.91. The third kappa shape index (κ3) is 5.89. The van der Waals surface area contributed by atoms with Crippen molar-refractivity contribution in [1.82, 2.24) is 0 Å². The Kier molecular flexibility index (Phi) is 7.76. The fourth-order valence-electron chi connectivity index (χ4n) is 4.36. The molecule has 2 aromatic rings. The lowest BCUT2D eigenvalue weighted by atomic mass is 10.1. The molecule has 0 unspecified atom stereocenters. The molecule has 31 heavy (non-hydrogen) atoms. The van der Waals surface area contributed by atoms with E-state index in [-0.39, 0.29) is 5.91 Å². The maximum atomic E-state index is 12.5. The van der Waals surface area contributed by atoms with Crippen LogP contribution in [0.3, 0.4) is 0 Å². The van der Waals surface area contributed by atoms with E-state index in [9.17, 15) is 4.79 Å². The molecule has 0 atom stereocenters. The lowest BCUT2D eigenvalue weighted by molar-refractivity contribution is -1.02. The maximum Gasteiger partial charge on any atom is 0.279 e. The van der Waals surface area contributed by atoms with Crippen molar-refractivity contribution in [3.8, 4) is 17.2 Å². The third-order valence-electron chi connectivity index (χ3n) is 5.81. The van der Waals surface area contributed by atoms with Gasteiger partial charge in [0.2, 0.25) is 5.75 Å². The zero-order valence-corrected chi connectivity index (χ0v) is 19.3. The van der Waals surface area contributed by atoms with E-state index >= 15 is 0 Å². The number of nitrogens with one attached hydrogen (secondary N) is 3. The Morgan fingerprint density at radius 1 is 0.871 bits per heavy atom. The van der Waals surface area contributed by atoms with Crippen LogP contribution in [0.2, 0.25) is 0 Å². The molecule has 2 aromatic carbocycles. The van der Waals surface area contributed by atoms with E-state index < -0.39 is 0 Å². The molecule has 0 aliphatic carbocycles. The van der Waals surface area contributed by atoms with Crippen molar-refractivity contribution in [1.29, 1.82) is 0 Å². The van der Waals surface area contributed by atoms with Crippen molar-refractivity contribution in [3.63, 3.8) is 0 Å². The molecule has 3 N–H and O–H groups in total. The number of anilines is 1. The SMILES string of the molecule is COc1ccc(C[NH+]2CC[NH+](CC(=O)Nc3cc(C)cc(C)c3)CC2)c(OC)c1OC. The summed E-state index contributed by atoms with van der Waals surface area (Å²) in [6.07, 6.45) is 0. The molecular formula is C24H35N3O4+2. The molecule has 1 aliphatic heterocycles. The Morgan fingerprint density at radius 2 is 1.48 bits per heavy atom. The Bertz CT molecular complexity index is 888. The van der Waals surface area contributed by atoms with E-state index in [1.165, 1.54) is 9.80 Å². The van der Waals surface area contributed by atoms with Gasteiger partial charge in [0.05, 0.1) is 26.9 Å². The van der Waals surface area contributed by atoms with Gasteiger partial charge in [-0.25, -0.2) is 0 Å². The van der Waals surface area contributed by atoms with E-state index in [2.05, 4.69) is 11.4 Å². The minimum absolute atomic E-state index is 0.0741. The summed E-state index contributed by atoms with van der Waals surface area (Å²) in [5, 5.41) is 3.05. The highest BCUT2D eigenvalue weighted by molar-refractivity contribution is 5.91. The predicted molar refractivity (Wildman–Crippen MR) is 121 cm³/mol. The first-order valence-corrected chi connectivity index (χ1v) is 10.8. The van der Waals surface area contributed by atoms with Crippen molar-refractivity contribution in [2.45, 2.75) is 20.4 Å². The van der Waals surface area contributed by atoms with Gasteiger partial charge in [-0.15, -0.1) is 0 Å². The van der Waals surface area contributed by atoms with E-state index in [0.717, 1.165) is 60.9 Å². The minimum atomic E-state index is 0.0741. The summed E-state index contributed by atoms with van der Waals surface area (Å²) in [4.78, 5) is 15.3. The smallest absolute Gasteiger partial charge is 0.279 e. The highest BCUT2D eigenvalue weighted by Crippen LogP contribution is 2.39. The third-order valence-corrected chi connectivity index (χ3v) is 5.81. The zero-order chi connectivity index (χ0) is 22.4. The zero-order valence-electron chi connectivity index (χ0n) is 19.3. The van der Waals surface area contributed by atoms with Crippen LogP contribution in [-0.4, -0.2) is 60.0 Å². The number of hydrogen-bond acceptors (Lipinski definition) is 4. The molecule has 0 bridgehead atoms. The van der Waals surface area contributed by atoms with Crippen LogP contribution in [0.15, 0.2) is 30.3 Å². The summed E-state index contributed by atoms with van der Waals surface area (Å²) >= 11 is 0. The molecule has 1 aliphatic rings. The highest BCUT2D eigenvalue weighted by atomic mass is 16.5. The number of quaternary nitrogens is 2. The van der Waals surface area contributed by atoms with Gasteiger partial charge in [0.1, 0.15) is 32.7 Å². The van der Waals surface area contributed by atoms with E-state index in [0.29, 0.717) is 18.0 Å². The first-order chi connectivity index (χ1) is 14.9. The van der Waals surface area contributed by atoms with Crippen LogP contribution in [0, 0.1) is 13.8 Å². The number of amides is 1. The molecule has 1 heterocycles. The number of methoxy groups -OCH3 is 3. The second-order valence-corrected chi connectivity index (χ2v) is 8.27. The van der Waals surface area contributed by atoms with Crippen molar-refractivity contribution in [3.05, 3.63) is 47.0 Å². The molecule has 3 rings (SSSR count). The largest absolute Gasteiger partial charge is 0.493 e. The van der Waals surface area contributed by atoms with E-state index in [1.54, 1.807) is 21.3 Å². The van der Waals surface area contributed by atoms with Gasteiger partial charge in [0, 0.05) is 5.69 Å². The van der Waals surface area contributed by atoms with Crippen molar-refractivity contribution in [2.24, 2.45) is 0 Å². The average molecular weight is 430 g/mol. The Balaban J connectivity index is 1.53. The molecule has 7 heteroatoms. The summed E-state index contributed by atoms with van der Waals surface area (Å²) < 4.78 is 16.5. The summed E-state index contributed by atoms with van der Waals surface area (Å²) in [6.45, 7) is 9.38. The molecule has 1 amide bonds. The molecule has 168 valence electrons. The molecule has 0 saturated carbocycles. The summed E-state index contributed by atoms with van der Waals surface area (Å²) in [6, 6.07) is 10.1. The molecule has 1 fully saturated rings. The number of hydrogen-bond donors (Lipinski definition) is 3. The van der Waals surface area contributed by atoms with Gasteiger partial charge in [-0.2, -0.15) is 0 Å². The van der Waals surface area contributed by atoms with Crippen molar-refractivity contribution in [2.75, 3.05) is 59.4 Å². The average Bonchev–Trinajstić information content (AvgIpc) is 2.73. The number of benzene rings is 2. The Labute approximate surface area is 184 Å². The second-order valence-electron chi connectivity index (χ2n) is 8.27. The first-order valence-electron chi connectivity index (χ1n) is 10.8. The second kappa shape index (κ2) is 10.5. The predicted octanol–water partition coefficient (Wildman–Crippen LogP) is 0.251. The first kappa shape index (κ1) is 22.9. The number of piperazine rings is 1. The van der Waals surface area contributed by atoms with Gasteiger partial charge >= 0.3 is 0 Å². The summed E-state index contributed by atoms with van der Waals surface area (Å²) in [5.41, 5.74) is 4.30. The number of aryl methyl sites for hydroxylation is 2. The van der Waals surface area contributed by atoms with Crippen LogP contribution in [0.4, 0.5) is 5.69 Å². The number of carbonyl (C=O) groups is 1. The van der Waals surface area contributed by atoms with Crippen LogP contribution in [0.25, 0.3) is 0 Å². The molecule has 0 spiro atoms. The van der Waals surface area contributed by atoms with Crippen LogP contribution in [0.5, 0.6) is 17.2 Å². The topological polar surface area (TPSA) is 65.7 Å². The Hall–Kier alpha value is -2.77. The van der Waals surface area contributed by atoms with Crippen LogP contribution >= 0.6 is 0 Å². The van der Waals surface area contributed by atoms with E-state index in [1.807, 2.05) is 38.1 Å². The molecule has 0 radical (unpaired) electrons. The number of rotatable bonds is 8. The quantitative estimate of drug-likeness (QED) is 0.563. The Morgan fingerprint density at radius 3 is 2.06 bits per heavy atom. The molecule has 1 saturated heterocycles. The van der Waals surface area contributed by atoms with Crippen LogP contribution in [-0.2, 0) is 11.3 Å². The summed E-state index contributed by atoms with van der Waals surface area (Å²) in [5.74, 6) is 2.11. The van der Waals surface area contributed by atoms with Crippen molar-refractivity contribution >= 4 is 11.6 Å². The van der Waals surface area contributed by atoms with E-state index in [4.69, 9.17) is 14.2 Å². The molecular weight excluding hydrogens is 394 g/mol. The standard InChI is InChI=1S/C24H33N3O4/c1-17-12-18(2)14-20(13-17)25-22(28)16-27-10-8-26(9-11-27)15-19-6-7-21(29-3)24(31-5)23(19)30-4/h6-7,12-14H,8-11,15-16H2,1-5H3,(H,25,28)/p+2. The van der Waals surface area contributed by atoms with Gasteiger partial charge in [-0.05, 0) is 49.2 Å². The molecule has 0 aromatic heterocycles. The van der Waals surface area contributed by atoms with Crippen LogP contribution < -0.4 is 29.3 Å². The van der Waals surface area contributed by atoms with Gasteiger partial charge in [0.15, 0.2) is 18.0 Å². The lowest BCUT2D eigenvalue weighted by Crippen LogP contribution is -3.28. The van der Waals surface area contributed by atoms with Gasteiger partial charge in [0.25, 0.3) is 5.91 Å². The van der Waals surface area contributed by atoms with Crippen LogP contribution in [0.1, 0.15) is 16.7 Å². The normalized spacial score (nSPS) is 18.4. The fraction of sp³-hybridized carbons (Fsp3) is 0.458. The monoisotopic (exact) mass is 429 g/mol. The van der Waals surface area contributed by atoms with Crippen molar-refractivity contribution < 1.29 is 28.8 Å². The lowest BCUT2D eigenvalue weighted by Gasteiger charge is -2.30. The van der Waals surface area contributed by atoms with Gasteiger partial charge < -0.3 is 29.3 Å². The minimum Gasteiger partial charge on any atom is -0.493 e. The highest BCUT2D eigenvalue weighted by Gasteiger charge is 2.27. The fourth-order valence-corrected chi connectivity index (χ4v) is 4.36. The number of ether oxygens (including phenoxy) is 3. The maximum absolute atomic E-state index is 12.5. The van der Waals surface area contributed by atoms with Gasteiger partial charge in [-0.3, -0.25) is 4.79 Å². The van der Waals surface area contributed by atoms with Gasteiger partial charge in [-0.1, -0.05) is 6.07 Å².